The van der Waals surface area contributed by atoms with Crippen molar-refractivity contribution in [2.75, 3.05) is 10.8 Å². The molecular formula is C36H39ClFN3O4S. The number of benzene rings is 4. The molecular weight excluding hydrogens is 625 g/mol. The van der Waals surface area contributed by atoms with Gasteiger partial charge in [-0.3, -0.25) is 13.9 Å². The summed E-state index contributed by atoms with van der Waals surface area (Å²) in [7, 11) is -4.27. The number of amides is 2. The summed E-state index contributed by atoms with van der Waals surface area (Å²) in [4.78, 5) is 29.9. The van der Waals surface area contributed by atoms with Crippen molar-refractivity contribution in [3.63, 3.8) is 0 Å². The van der Waals surface area contributed by atoms with Crippen molar-refractivity contribution in [1.82, 2.24) is 10.2 Å². The van der Waals surface area contributed by atoms with Crippen LogP contribution in [-0.4, -0.2) is 43.3 Å². The second-order valence-corrected chi connectivity index (χ2v) is 14.6. The van der Waals surface area contributed by atoms with Gasteiger partial charge in [0.1, 0.15) is 18.4 Å². The third-order valence-corrected chi connectivity index (χ3v) is 9.61. The molecule has 4 aromatic rings. The Labute approximate surface area is 276 Å². The van der Waals surface area contributed by atoms with Crippen molar-refractivity contribution in [2.24, 2.45) is 0 Å². The molecule has 4 aromatic carbocycles. The number of anilines is 1. The summed E-state index contributed by atoms with van der Waals surface area (Å²) >= 11 is 6.44. The summed E-state index contributed by atoms with van der Waals surface area (Å²) in [6.07, 6.45) is 0.163. The first-order valence-corrected chi connectivity index (χ1v) is 16.7. The lowest BCUT2D eigenvalue weighted by Gasteiger charge is -2.35. The fourth-order valence-electron chi connectivity index (χ4n) is 5.01. The first kappa shape index (κ1) is 34.7. The van der Waals surface area contributed by atoms with E-state index in [4.69, 9.17) is 11.6 Å². The van der Waals surface area contributed by atoms with Crippen LogP contribution in [0.25, 0.3) is 0 Å². The lowest BCUT2D eigenvalue weighted by atomic mass is 10.0. The SMILES string of the molecule is Cc1ccc(S(=O)(=O)N(CC(=O)N(Cc2ccc(F)cc2)[C@H](Cc2ccccc2)C(=O)NC(C)(C)C)c2cccc(Cl)c2C)cc1. The van der Waals surface area contributed by atoms with Crippen molar-refractivity contribution in [3.05, 3.63) is 130 Å². The maximum absolute atomic E-state index is 14.6. The Morgan fingerprint density at radius 2 is 1.48 bits per heavy atom. The molecule has 1 atom stereocenters. The number of rotatable bonds is 11. The Kier molecular flexibility index (Phi) is 10.9. The average Bonchev–Trinajstić information content (AvgIpc) is 3.00. The highest BCUT2D eigenvalue weighted by atomic mass is 35.5. The van der Waals surface area contributed by atoms with E-state index in [9.17, 15) is 22.4 Å². The molecule has 0 heterocycles. The summed E-state index contributed by atoms with van der Waals surface area (Å²) in [5, 5.41) is 3.33. The fourth-order valence-corrected chi connectivity index (χ4v) is 6.65. The molecule has 4 rings (SSSR count). The molecule has 0 saturated heterocycles. The van der Waals surface area contributed by atoms with Gasteiger partial charge in [0.05, 0.1) is 10.6 Å². The first-order valence-electron chi connectivity index (χ1n) is 14.9. The number of halogens is 2. The van der Waals surface area contributed by atoms with Gasteiger partial charge >= 0.3 is 0 Å². The standard InChI is InChI=1S/C36H39ClFN3O4S/c1-25-14-20-30(21-15-25)46(44,45)41(32-13-9-12-31(37)26(32)2)24-34(42)40(23-28-16-18-29(38)19-17-28)33(35(43)39-36(3,4)5)22-27-10-7-6-8-11-27/h6-21,33H,22-24H2,1-5H3,(H,39,43)/t33-/m1/s1. The highest BCUT2D eigenvalue weighted by Crippen LogP contribution is 2.31. The molecule has 0 bridgehead atoms. The molecule has 2 amide bonds. The maximum atomic E-state index is 14.6. The van der Waals surface area contributed by atoms with Crippen LogP contribution >= 0.6 is 11.6 Å². The van der Waals surface area contributed by atoms with Gasteiger partial charge in [0.25, 0.3) is 10.0 Å². The minimum Gasteiger partial charge on any atom is -0.350 e. The van der Waals surface area contributed by atoms with Crippen LogP contribution in [0.15, 0.2) is 102 Å². The second kappa shape index (κ2) is 14.5. The molecule has 1 N–H and O–H groups in total. The molecule has 0 unspecified atom stereocenters. The van der Waals surface area contributed by atoms with E-state index in [1.807, 2.05) is 58.0 Å². The number of hydrogen-bond acceptors (Lipinski definition) is 4. The number of hydrogen-bond donors (Lipinski definition) is 1. The van der Waals surface area contributed by atoms with Crippen LogP contribution in [0.4, 0.5) is 10.1 Å². The number of carbonyl (C=O) groups is 2. The predicted molar refractivity (Wildman–Crippen MR) is 181 cm³/mol. The van der Waals surface area contributed by atoms with Crippen LogP contribution in [0.1, 0.15) is 43.0 Å². The van der Waals surface area contributed by atoms with Gasteiger partial charge in [-0.15, -0.1) is 0 Å². The monoisotopic (exact) mass is 663 g/mol. The van der Waals surface area contributed by atoms with Crippen LogP contribution in [-0.2, 0) is 32.6 Å². The minimum absolute atomic E-state index is 0.00155. The molecule has 0 radical (unpaired) electrons. The van der Waals surface area contributed by atoms with E-state index in [0.29, 0.717) is 16.1 Å². The third kappa shape index (κ3) is 8.73. The Hall–Kier alpha value is -4.21. The van der Waals surface area contributed by atoms with E-state index < -0.39 is 45.8 Å². The quantitative estimate of drug-likeness (QED) is 0.190. The minimum atomic E-state index is -4.27. The highest BCUT2D eigenvalue weighted by molar-refractivity contribution is 7.92. The van der Waals surface area contributed by atoms with Crippen LogP contribution in [0.2, 0.25) is 5.02 Å². The van der Waals surface area contributed by atoms with E-state index in [-0.39, 0.29) is 23.5 Å². The lowest BCUT2D eigenvalue weighted by molar-refractivity contribution is -0.140. The molecule has 0 saturated carbocycles. The Morgan fingerprint density at radius 3 is 2.09 bits per heavy atom. The van der Waals surface area contributed by atoms with E-state index in [1.54, 1.807) is 49.4 Å². The molecule has 0 aliphatic carbocycles. The van der Waals surface area contributed by atoms with Gasteiger partial charge in [0, 0.05) is 23.5 Å². The fraction of sp³-hybridized carbons (Fsp3) is 0.278. The van der Waals surface area contributed by atoms with E-state index in [0.717, 1.165) is 15.4 Å². The highest BCUT2D eigenvalue weighted by Gasteiger charge is 2.36. The van der Waals surface area contributed by atoms with Crippen molar-refractivity contribution < 1.29 is 22.4 Å². The Bertz CT molecular complexity index is 1780. The summed E-state index contributed by atoms with van der Waals surface area (Å²) in [5.74, 6) is -1.47. The van der Waals surface area contributed by atoms with Crippen LogP contribution < -0.4 is 9.62 Å². The van der Waals surface area contributed by atoms with Crippen LogP contribution in [0.5, 0.6) is 0 Å². The molecule has 0 aromatic heterocycles. The Morgan fingerprint density at radius 1 is 0.848 bits per heavy atom. The lowest BCUT2D eigenvalue weighted by Crippen LogP contribution is -2.56. The summed E-state index contributed by atoms with van der Waals surface area (Å²) in [6.45, 7) is 8.37. The normalized spacial score (nSPS) is 12.3. The number of aryl methyl sites for hydroxylation is 1. The number of sulfonamides is 1. The number of carbonyl (C=O) groups excluding carboxylic acids is 2. The molecule has 0 fully saturated rings. The smallest absolute Gasteiger partial charge is 0.264 e. The molecule has 242 valence electrons. The van der Waals surface area contributed by atoms with Gasteiger partial charge < -0.3 is 10.2 Å². The maximum Gasteiger partial charge on any atom is 0.264 e. The van der Waals surface area contributed by atoms with Crippen molar-refractivity contribution >= 4 is 39.1 Å². The summed E-state index contributed by atoms with van der Waals surface area (Å²) in [6, 6.07) is 25.1. The van der Waals surface area contributed by atoms with E-state index in [2.05, 4.69) is 5.32 Å². The van der Waals surface area contributed by atoms with Crippen molar-refractivity contribution in [2.45, 2.75) is 64.1 Å². The van der Waals surface area contributed by atoms with Gasteiger partial charge in [-0.2, -0.15) is 0 Å². The van der Waals surface area contributed by atoms with E-state index >= 15 is 0 Å². The molecule has 0 spiro atoms. The topological polar surface area (TPSA) is 86.8 Å². The Balaban J connectivity index is 1.84. The van der Waals surface area contributed by atoms with Gasteiger partial charge in [0.2, 0.25) is 11.8 Å². The zero-order valence-electron chi connectivity index (χ0n) is 26.6. The third-order valence-electron chi connectivity index (χ3n) is 7.43. The zero-order chi connectivity index (χ0) is 33.6. The summed E-state index contributed by atoms with van der Waals surface area (Å²) in [5.41, 5.74) is 2.35. The number of nitrogens with one attached hydrogen (secondary N) is 1. The average molecular weight is 664 g/mol. The van der Waals surface area contributed by atoms with Crippen LogP contribution in [0, 0.1) is 19.7 Å². The molecule has 10 heteroatoms. The van der Waals surface area contributed by atoms with Crippen molar-refractivity contribution in [3.8, 4) is 0 Å². The second-order valence-electron chi connectivity index (χ2n) is 12.3. The largest absolute Gasteiger partial charge is 0.350 e. The van der Waals surface area contributed by atoms with E-state index in [1.165, 1.54) is 29.2 Å². The van der Waals surface area contributed by atoms with Gasteiger partial charge in [-0.1, -0.05) is 77.8 Å². The molecule has 0 aliphatic rings. The first-order chi connectivity index (χ1) is 21.7. The van der Waals surface area contributed by atoms with Crippen LogP contribution in [0.3, 0.4) is 0 Å². The van der Waals surface area contributed by atoms with Gasteiger partial charge in [-0.25, -0.2) is 12.8 Å². The zero-order valence-corrected chi connectivity index (χ0v) is 28.2. The summed E-state index contributed by atoms with van der Waals surface area (Å²) < 4.78 is 43.4. The van der Waals surface area contributed by atoms with Gasteiger partial charge in [-0.05, 0) is 87.7 Å². The predicted octanol–water partition coefficient (Wildman–Crippen LogP) is 6.85. The molecule has 7 nitrogen and oxygen atoms in total. The molecule has 46 heavy (non-hydrogen) atoms. The molecule has 0 aliphatic heterocycles. The van der Waals surface area contributed by atoms with Gasteiger partial charge in [0.15, 0.2) is 0 Å². The van der Waals surface area contributed by atoms with Crippen molar-refractivity contribution in [1.29, 1.82) is 0 Å². The number of nitrogens with zero attached hydrogens (tertiary/aromatic N) is 2.